The first-order valence-corrected chi connectivity index (χ1v) is 12.6. The molecule has 7 heteroatoms. The number of thiazole rings is 1. The predicted molar refractivity (Wildman–Crippen MR) is 127 cm³/mol. The van der Waals surface area contributed by atoms with Gasteiger partial charge in [-0.05, 0) is 49.7 Å². The van der Waals surface area contributed by atoms with Crippen molar-refractivity contribution in [3.8, 4) is 0 Å². The number of thioether (sulfide) groups is 1. The van der Waals surface area contributed by atoms with Crippen LogP contribution < -0.4 is 0 Å². The summed E-state index contributed by atoms with van der Waals surface area (Å²) in [6, 6.07) is 16.6. The van der Waals surface area contributed by atoms with Crippen molar-refractivity contribution in [2.45, 2.75) is 43.1 Å². The molecule has 4 heterocycles. The number of likely N-dealkylation sites (tertiary alicyclic amines) is 1. The first kappa shape index (κ1) is 20.5. The summed E-state index contributed by atoms with van der Waals surface area (Å²) >= 11 is 3.36. The van der Waals surface area contributed by atoms with Crippen LogP contribution in [0, 0.1) is 0 Å². The first-order chi connectivity index (χ1) is 15.3. The zero-order chi connectivity index (χ0) is 20.9. The van der Waals surface area contributed by atoms with Crippen molar-refractivity contribution < 1.29 is 0 Å². The zero-order valence-electron chi connectivity index (χ0n) is 17.4. The molecule has 158 valence electrons. The summed E-state index contributed by atoms with van der Waals surface area (Å²) < 4.78 is 0. The summed E-state index contributed by atoms with van der Waals surface area (Å²) in [5, 5.41) is 1.91. The van der Waals surface area contributed by atoms with Gasteiger partial charge in [0.15, 0.2) is 5.16 Å². The number of benzene rings is 1. The Labute approximate surface area is 191 Å². The van der Waals surface area contributed by atoms with Crippen LogP contribution in [0.25, 0.3) is 10.3 Å². The molecule has 3 aromatic heterocycles. The van der Waals surface area contributed by atoms with E-state index in [9.17, 15) is 0 Å². The van der Waals surface area contributed by atoms with Crippen LogP contribution in [0.4, 0.5) is 0 Å². The molecule has 4 aromatic rings. The second-order valence-electron chi connectivity index (χ2n) is 7.86. The average molecular weight is 448 g/mol. The van der Waals surface area contributed by atoms with Crippen LogP contribution >= 0.6 is 23.1 Å². The van der Waals surface area contributed by atoms with Gasteiger partial charge in [0, 0.05) is 24.9 Å². The van der Waals surface area contributed by atoms with Gasteiger partial charge in [0.25, 0.3) is 0 Å². The minimum atomic E-state index is 0.718. The number of hydrogen-bond donors (Lipinski definition) is 0. The number of hydrogen-bond acceptors (Lipinski definition) is 7. The van der Waals surface area contributed by atoms with Crippen molar-refractivity contribution in [1.82, 2.24) is 24.8 Å². The number of piperidine rings is 1. The molecule has 0 bridgehead atoms. The third kappa shape index (κ3) is 5.47. The van der Waals surface area contributed by atoms with E-state index in [1.54, 1.807) is 23.1 Å². The van der Waals surface area contributed by atoms with E-state index in [2.05, 4.69) is 46.3 Å². The number of pyridine rings is 1. The summed E-state index contributed by atoms with van der Waals surface area (Å²) in [4.78, 5) is 22.5. The molecule has 0 aliphatic carbocycles. The summed E-state index contributed by atoms with van der Waals surface area (Å²) in [6.07, 6.45) is 6.45. The fraction of sp³-hybridized carbons (Fsp3) is 0.333. The van der Waals surface area contributed by atoms with E-state index < -0.39 is 0 Å². The van der Waals surface area contributed by atoms with Gasteiger partial charge in [-0.3, -0.25) is 4.90 Å². The van der Waals surface area contributed by atoms with E-state index in [4.69, 9.17) is 15.0 Å². The lowest BCUT2D eigenvalue weighted by Crippen LogP contribution is -2.29. The summed E-state index contributed by atoms with van der Waals surface area (Å²) in [5.74, 6) is 0.874. The molecule has 0 atom stereocenters. The van der Waals surface area contributed by atoms with Crippen molar-refractivity contribution in [1.29, 1.82) is 0 Å². The molecule has 1 aliphatic heterocycles. The molecular weight excluding hydrogens is 422 g/mol. The minimum absolute atomic E-state index is 0.718. The van der Waals surface area contributed by atoms with Crippen LogP contribution in [0.1, 0.15) is 41.2 Å². The van der Waals surface area contributed by atoms with Gasteiger partial charge < -0.3 is 0 Å². The SMILES string of the molecule is c1ccc(CSc2nc(Cc3nc4cccnc4s3)cc(CN3CCCCC3)n2)cc1. The third-order valence-electron chi connectivity index (χ3n) is 5.40. The fourth-order valence-electron chi connectivity index (χ4n) is 3.88. The van der Waals surface area contributed by atoms with Crippen molar-refractivity contribution in [2.75, 3.05) is 13.1 Å². The normalized spacial score (nSPS) is 14.8. The molecule has 1 aromatic carbocycles. The molecule has 0 radical (unpaired) electrons. The topological polar surface area (TPSA) is 54.8 Å². The van der Waals surface area contributed by atoms with Crippen molar-refractivity contribution in [3.05, 3.63) is 76.7 Å². The van der Waals surface area contributed by atoms with Crippen LogP contribution in [0.5, 0.6) is 0 Å². The summed E-state index contributed by atoms with van der Waals surface area (Å²) in [6.45, 7) is 3.22. The Hall–Kier alpha value is -2.35. The maximum Gasteiger partial charge on any atom is 0.188 e. The van der Waals surface area contributed by atoms with Crippen molar-refractivity contribution in [3.63, 3.8) is 0 Å². The molecule has 31 heavy (non-hydrogen) atoms. The first-order valence-electron chi connectivity index (χ1n) is 10.8. The van der Waals surface area contributed by atoms with Gasteiger partial charge in [0.2, 0.25) is 0 Å². The van der Waals surface area contributed by atoms with Crippen LogP contribution in [0.3, 0.4) is 0 Å². The highest BCUT2D eigenvalue weighted by atomic mass is 32.2. The van der Waals surface area contributed by atoms with E-state index in [0.717, 1.165) is 63.7 Å². The lowest BCUT2D eigenvalue weighted by Gasteiger charge is -2.26. The molecule has 5 rings (SSSR count). The quantitative estimate of drug-likeness (QED) is 0.281. The molecule has 0 unspecified atom stereocenters. The molecule has 0 amide bonds. The van der Waals surface area contributed by atoms with E-state index in [1.807, 2.05) is 18.3 Å². The van der Waals surface area contributed by atoms with Gasteiger partial charge in [0.05, 0.1) is 11.4 Å². The van der Waals surface area contributed by atoms with Gasteiger partial charge in [-0.25, -0.2) is 19.9 Å². The lowest BCUT2D eigenvalue weighted by atomic mass is 10.1. The van der Waals surface area contributed by atoms with E-state index >= 15 is 0 Å². The second-order valence-corrected chi connectivity index (χ2v) is 9.86. The third-order valence-corrected chi connectivity index (χ3v) is 7.30. The minimum Gasteiger partial charge on any atom is -0.298 e. The molecule has 1 fully saturated rings. The van der Waals surface area contributed by atoms with Crippen molar-refractivity contribution in [2.24, 2.45) is 0 Å². The summed E-state index contributed by atoms with van der Waals surface area (Å²) in [7, 11) is 0. The van der Waals surface area contributed by atoms with E-state index in [0.29, 0.717) is 0 Å². The Morgan fingerprint density at radius 3 is 2.58 bits per heavy atom. The number of rotatable bonds is 7. The Bertz CT molecular complexity index is 1110. The molecule has 1 saturated heterocycles. The Kier molecular flexibility index (Phi) is 6.53. The summed E-state index contributed by atoms with van der Waals surface area (Å²) in [5.41, 5.74) is 4.40. The van der Waals surface area contributed by atoms with Crippen LogP contribution in [-0.4, -0.2) is 37.9 Å². The van der Waals surface area contributed by atoms with Gasteiger partial charge >= 0.3 is 0 Å². The fourth-order valence-corrected chi connectivity index (χ4v) is 5.65. The number of nitrogens with zero attached hydrogens (tertiary/aromatic N) is 5. The lowest BCUT2D eigenvalue weighted by molar-refractivity contribution is 0.218. The van der Waals surface area contributed by atoms with Gasteiger partial charge in [0.1, 0.15) is 15.4 Å². The van der Waals surface area contributed by atoms with Crippen LogP contribution in [0.15, 0.2) is 59.9 Å². The smallest absolute Gasteiger partial charge is 0.188 e. The second kappa shape index (κ2) is 9.85. The highest BCUT2D eigenvalue weighted by Crippen LogP contribution is 2.24. The van der Waals surface area contributed by atoms with E-state index in [1.165, 1.54) is 24.8 Å². The molecule has 1 aliphatic rings. The largest absolute Gasteiger partial charge is 0.298 e. The van der Waals surface area contributed by atoms with Gasteiger partial charge in [-0.15, -0.1) is 0 Å². The molecule has 0 N–H and O–H groups in total. The number of aromatic nitrogens is 4. The number of fused-ring (bicyclic) bond motifs is 1. The van der Waals surface area contributed by atoms with Crippen LogP contribution in [-0.2, 0) is 18.7 Å². The molecule has 5 nitrogen and oxygen atoms in total. The maximum atomic E-state index is 4.91. The standard InChI is InChI=1S/C24H25N5S2/c1-3-8-18(9-4-1)17-30-24-26-19(14-20(27-24)16-29-12-5-2-6-13-29)15-22-28-21-10-7-11-25-23(21)31-22/h1,3-4,7-11,14H,2,5-6,12-13,15-17H2. The zero-order valence-corrected chi connectivity index (χ0v) is 19.0. The predicted octanol–water partition coefficient (Wildman–Crippen LogP) is 5.35. The Morgan fingerprint density at radius 2 is 1.74 bits per heavy atom. The Balaban J connectivity index is 1.38. The molecular formula is C24H25N5S2. The monoisotopic (exact) mass is 447 g/mol. The highest BCUT2D eigenvalue weighted by Gasteiger charge is 2.14. The van der Waals surface area contributed by atoms with Crippen molar-refractivity contribution >= 4 is 33.4 Å². The Morgan fingerprint density at radius 1 is 0.903 bits per heavy atom. The average Bonchev–Trinajstić information content (AvgIpc) is 3.21. The highest BCUT2D eigenvalue weighted by molar-refractivity contribution is 7.98. The van der Waals surface area contributed by atoms with Gasteiger partial charge in [-0.2, -0.15) is 0 Å². The van der Waals surface area contributed by atoms with Gasteiger partial charge in [-0.1, -0.05) is 59.9 Å². The van der Waals surface area contributed by atoms with Crippen LogP contribution in [0.2, 0.25) is 0 Å². The molecule has 0 saturated carbocycles. The molecule has 0 spiro atoms. The van der Waals surface area contributed by atoms with E-state index in [-0.39, 0.29) is 0 Å². The maximum absolute atomic E-state index is 4.91.